The lowest BCUT2D eigenvalue weighted by molar-refractivity contribution is -0.120. The van der Waals surface area contributed by atoms with E-state index in [0.717, 1.165) is 31.4 Å². The lowest BCUT2D eigenvalue weighted by atomic mass is 9.94. The Bertz CT molecular complexity index is 1090. The van der Waals surface area contributed by atoms with Crippen molar-refractivity contribution in [2.45, 2.75) is 55.6 Å². The first-order valence-electron chi connectivity index (χ1n) is 11.3. The highest BCUT2D eigenvalue weighted by molar-refractivity contribution is 7.89. The third kappa shape index (κ3) is 4.09. The number of amides is 1. The smallest absolute Gasteiger partial charge is 0.251 e. The van der Waals surface area contributed by atoms with E-state index in [4.69, 9.17) is 9.47 Å². The molecule has 1 amide bonds. The number of nitrogens with zero attached hydrogens (tertiary/aromatic N) is 1. The Labute approximate surface area is 188 Å². The Kier molecular flexibility index (Phi) is 5.59. The summed E-state index contributed by atoms with van der Waals surface area (Å²) < 4.78 is 39.3. The molecule has 5 rings (SSSR count). The average molecular weight is 457 g/mol. The molecule has 2 aromatic carbocycles. The second-order valence-corrected chi connectivity index (χ2v) is 10.8. The molecule has 1 saturated carbocycles. The summed E-state index contributed by atoms with van der Waals surface area (Å²) in [5.41, 5.74) is 0.671. The number of fused-ring (bicyclic) bond motifs is 1. The monoisotopic (exact) mass is 456 g/mol. The van der Waals surface area contributed by atoms with Gasteiger partial charge in [0.25, 0.3) is 5.79 Å². The van der Waals surface area contributed by atoms with Crippen LogP contribution in [0, 0.1) is 5.92 Å². The summed E-state index contributed by atoms with van der Waals surface area (Å²) in [5.74, 6) is 0.540. The summed E-state index contributed by atoms with van der Waals surface area (Å²) in [5, 5.41) is 2.98. The molecule has 3 aliphatic rings. The molecule has 1 N–H and O–H groups in total. The van der Waals surface area contributed by atoms with E-state index in [1.807, 2.05) is 18.2 Å². The van der Waals surface area contributed by atoms with E-state index in [9.17, 15) is 13.2 Å². The number of hydrogen-bond donors (Lipinski definition) is 1. The van der Waals surface area contributed by atoms with Crippen LogP contribution in [0.3, 0.4) is 0 Å². The first-order chi connectivity index (χ1) is 15.5. The minimum absolute atomic E-state index is 0.0898. The lowest BCUT2D eigenvalue weighted by Gasteiger charge is -2.31. The van der Waals surface area contributed by atoms with Crippen molar-refractivity contribution in [3.8, 4) is 11.5 Å². The van der Waals surface area contributed by atoms with Gasteiger partial charge in [0.05, 0.1) is 4.90 Å². The summed E-state index contributed by atoms with van der Waals surface area (Å²) in [7, 11) is -3.52. The normalized spacial score (nSPS) is 20.9. The van der Waals surface area contributed by atoms with E-state index < -0.39 is 15.8 Å². The Morgan fingerprint density at radius 3 is 2.34 bits per heavy atom. The number of benzene rings is 2. The number of piperidine rings is 1. The van der Waals surface area contributed by atoms with Crippen molar-refractivity contribution in [1.29, 1.82) is 0 Å². The van der Waals surface area contributed by atoms with Crippen LogP contribution >= 0.6 is 0 Å². The molecule has 2 fully saturated rings. The number of sulfonamides is 1. The number of hydrogen-bond acceptors (Lipinski definition) is 5. The molecule has 0 aromatic heterocycles. The first kappa shape index (κ1) is 21.3. The minimum Gasteiger partial charge on any atom is -0.448 e. The number of rotatable bonds is 4. The average Bonchev–Trinajstić information content (AvgIpc) is 3.16. The Balaban J connectivity index is 1.19. The van der Waals surface area contributed by atoms with Gasteiger partial charge in [-0.05, 0) is 49.9 Å². The van der Waals surface area contributed by atoms with Gasteiger partial charge in [0.2, 0.25) is 15.9 Å². The summed E-state index contributed by atoms with van der Waals surface area (Å²) in [6, 6.07) is 13.9. The van der Waals surface area contributed by atoms with E-state index in [1.54, 1.807) is 30.3 Å². The molecule has 1 spiro atoms. The van der Waals surface area contributed by atoms with Gasteiger partial charge < -0.3 is 14.8 Å². The molecule has 7 nitrogen and oxygen atoms in total. The van der Waals surface area contributed by atoms with Gasteiger partial charge in [0, 0.05) is 43.6 Å². The summed E-state index contributed by atoms with van der Waals surface area (Å²) in [4.78, 5) is 13.1. The highest BCUT2D eigenvalue weighted by atomic mass is 32.2. The molecule has 0 unspecified atom stereocenters. The maximum absolute atomic E-state index is 12.8. The molecule has 0 radical (unpaired) electrons. The van der Waals surface area contributed by atoms with Gasteiger partial charge in [-0.15, -0.1) is 0 Å². The highest BCUT2D eigenvalue weighted by Gasteiger charge is 2.42. The number of nitrogens with one attached hydrogen (secondary N) is 1. The lowest BCUT2D eigenvalue weighted by Crippen LogP contribution is -2.41. The fourth-order valence-electron chi connectivity index (χ4n) is 4.81. The summed E-state index contributed by atoms with van der Waals surface area (Å²) in [6.45, 7) is 0.665. The number of carbonyl (C=O) groups excluding carboxylic acids is 1. The summed E-state index contributed by atoms with van der Waals surface area (Å²) in [6.07, 6.45) is 6.14. The zero-order valence-electron chi connectivity index (χ0n) is 18.0. The molecule has 1 saturated heterocycles. The SMILES string of the molecule is O=C(Nc1ccc2c(c1)OC1(CCCCC1)O2)C1CCN(S(=O)(=O)c2ccccc2)CC1. The Morgan fingerprint density at radius 1 is 0.938 bits per heavy atom. The summed E-state index contributed by atoms with van der Waals surface area (Å²) >= 11 is 0. The van der Waals surface area contributed by atoms with Gasteiger partial charge in [0.15, 0.2) is 11.5 Å². The van der Waals surface area contributed by atoms with Gasteiger partial charge in [-0.2, -0.15) is 4.31 Å². The Hall–Kier alpha value is -2.58. The molecule has 2 aromatic rings. The molecule has 0 bridgehead atoms. The van der Waals surface area contributed by atoms with Crippen LogP contribution in [0.5, 0.6) is 11.5 Å². The number of anilines is 1. The number of ether oxygens (including phenoxy) is 2. The molecule has 8 heteroatoms. The fraction of sp³-hybridized carbons (Fsp3) is 0.458. The van der Waals surface area contributed by atoms with Crippen molar-refractivity contribution >= 4 is 21.6 Å². The predicted molar refractivity (Wildman–Crippen MR) is 120 cm³/mol. The van der Waals surface area contributed by atoms with Crippen LogP contribution in [0.15, 0.2) is 53.4 Å². The van der Waals surface area contributed by atoms with Crippen molar-refractivity contribution in [2.75, 3.05) is 18.4 Å². The molecule has 32 heavy (non-hydrogen) atoms. The maximum atomic E-state index is 12.8. The maximum Gasteiger partial charge on any atom is 0.251 e. The van der Waals surface area contributed by atoms with Crippen molar-refractivity contribution in [3.63, 3.8) is 0 Å². The second kappa shape index (κ2) is 8.41. The van der Waals surface area contributed by atoms with Crippen LogP contribution in [0.25, 0.3) is 0 Å². The standard InChI is InChI=1S/C24H28N2O5S/c27-23(18-11-15-26(16-12-18)32(28,29)20-7-3-1-4-8-20)25-19-9-10-21-22(17-19)31-24(30-21)13-5-2-6-14-24/h1,3-4,7-10,17-18H,2,5-6,11-16H2,(H,25,27). The zero-order chi connectivity index (χ0) is 22.2. The topological polar surface area (TPSA) is 84.9 Å². The quantitative estimate of drug-likeness (QED) is 0.747. The molecule has 1 aliphatic carbocycles. The van der Waals surface area contributed by atoms with E-state index in [-0.39, 0.29) is 11.8 Å². The minimum atomic E-state index is -3.52. The van der Waals surface area contributed by atoms with E-state index >= 15 is 0 Å². The van der Waals surface area contributed by atoms with E-state index in [0.29, 0.717) is 42.3 Å². The molecular formula is C24H28N2O5S. The third-order valence-corrected chi connectivity index (χ3v) is 8.54. The zero-order valence-corrected chi connectivity index (χ0v) is 18.8. The van der Waals surface area contributed by atoms with Gasteiger partial charge >= 0.3 is 0 Å². The van der Waals surface area contributed by atoms with Crippen molar-refractivity contribution in [1.82, 2.24) is 4.31 Å². The molecule has 2 heterocycles. The van der Waals surface area contributed by atoms with Crippen LogP contribution in [-0.4, -0.2) is 37.5 Å². The first-order valence-corrected chi connectivity index (χ1v) is 12.8. The van der Waals surface area contributed by atoms with Crippen molar-refractivity contribution in [3.05, 3.63) is 48.5 Å². The van der Waals surface area contributed by atoms with Crippen LogP contribution in [0.4, 0.5) is 5.69 Å². The number of carbonyl (C=O) groups is 1. The van der Waals surface area contributed by atoms with Crippen LogP contribution in [0.1, 0.15) is 44.9 Å². The van der Waals surface area contributed by atoms with Gasteiger partial charge in [-0.1, -0.05) is 24.6 Å². The van der Waals surface area contributed by atoms with Crippen LogP contribution in [-0.2, 0) is 14.8 Å². The van der Waals surface area contributed by atoms with E-state index in [1.165, 1.54) is 10.7 Å². The molecular weight excluding hydrogens is 428 g/mol. The second-order valence-electron chi connectivity index (χ2n) is 8.82. The molecule has 0 atom stereocenters. The molecule has 2 aliphatic heterocycles. The Morgan fingerprint density at radius 2 is 1.62 bits per heavy atom. The third-order valence-electron chi connectivity index (χ3n) is 6.62. The van der Waals surface area contributed by atoms with Gasteiger partial charge in [-0.25, -0.2) is 8.42 Å². The van der Waals surface area contributed by atoms with E-state index in [2.05, 4.69) is 5.32 Å². The largest absolute Gasteiger partial charge is 0.448 e. The van der Waals surface area contributed by atoms with Crippen LogP contribution in [0.2, 0.25) is 0 Å². The van der Waals surface area contributed by atoms with Gasteiger partial charge in [0.1, 0.15) is 0 Å². The van der Waals surface area contributed by atoms with Crippen LogP contribution < -0.4 is 14.8 Å². The predicted octanol–water partition coefficient (Wildman–Crippen LogP) is 4.16. The molecule has 170 valence electrons. The fourth-order valence-corrected chi connectivity index (χ4v) is 6.30. The van der Waals surface area contributed by atoms with Crippen molar-refractivity contribution < 1.29 is 22.7 Å². The van der Waals surface area contributed by atoms with Gasteiger partial charge in [-0.3, -0.25) is 4.79 Å². The highest BCUT2D eigenvalue weighted by Crippen LogP contribution is 2.46. The van der Waals surface area contributed by atoms with Crippen molar-refractivity contribution in [2.24, 2.45) is 5.92 Å².